The molecule has 0 unspecified atom stereocenters. The van der Waals surface area contributed by atoms with Crippen molar-refractivity contribution in [3.8, 4) is 51.4 Å². The minimum atomic E-state index is -1.39. The summed E-state index contributed by atoms with van der Waals surface area (Å²) in [6, 6.07) is 14.6. The summed E-state index contributed by atoms with van der Waals surface area (Å²) >= 11 is 18.1. The van der Waals surface area contributed by atoms with Crippen LogP contribution < -0.4 is 23.7 Å². The lowest BCUT2D eigenvalue weighted by Gasteiger charge is -2.35. The predicted molar refractivity (Wildman–Crippen MR) is 239 cm³/mol. The van der Waals surface area contributed by atoms with E-state index in [1.165, 1.54) is 17.7 Å². The number of para-hydroxylation sites is 1. The van der Waals surface area contributed by atoms with Gasteiger partial charge in [-0.1, -0.05) is 35.3 Å². The monoisotopic (exact) mass is 982 g/mol. The van der Waals surface area contributed by atoms with Crippen LogP contribution in [0.15, 0.2) is 61.1 Å². The van der Waals surface area contributed by atoms with Gasteiger partial charge in [0.1, 0.15) is 47.7 Å². The van der Waals surface area contributed by atoms with Gasteiger partial charge in [-0.2, -0.15) is 0 Å². The number of hydrogen-bond donors (Lipinski definition) is 1. The van der Waals surface area contributed by atoms with Crippen molar-refractivity contribution in [3.05, 3.63) is 96.4 Å². The van der Waals surface area contributed by atoms with E-state index in [-0.39, 0.29) is 25.5 Å². The van der Waals surface area contributed by atoms with Gasteiger partial charge in [0.05, 0.1) is 36.7 Å². The molecule has 6 aromatic rings. The molecule has 13 nitrogen and oxygen atoms in total. The average molecular weight is 984 g/mol. The number of carboxylic acids is 1. The fourth-order valence-electron chi connectivity index (χ4n) is 7.45. The zero-order valence-electron chi connectivity index (χ0n) is 33.2. The maximum absolute atomic E-state index is 13.1. The van der Waals surface area contributed by atoms with Crippen LogP contribution in [-0.4, -0.2) is 107 Å². The van der Waals surface area contributed by atoms with E-state index in [1.807, 2.05) is 38.1 Å². The van der Waals surface area contributed by atoms with E-state index in [2.05, 4.69) is 54.4 Å². The molecule has 2 atom stereocenters. The Labute approximate surface area is 374 Å². The molecule has 1 fully saturated rings. The van der Waals surface area contributed by atoms with Crippen LogP contribution in [0, 0.1) is 16.7 Å². The Hall–Kier alpha value is -4.52. The summed E-state index contributed by atoms with van der Waals surface area (Å²) < 4.78 is 32.5. The Morgan fingerprint density at radius 1 is 0.983 bits per heavy atom. The van der Waals surface area contributed by atoms with Gasteiger partial charge in [0.2, 0.25) is 12.0 Å². The number of aliphatic carboxylic acids is 1. The van der Waals surface area contributed by atoms with E-state index < -0.39 is 18.2 Å². The fourth-order valence-corrected chi connectivity index (χ4v) is 10.0. The first-order valence-electron chi connectivity index (χ1n) is 19.2. The summed E-state index contributed by atoms with van der Waals surface area (Å²) in [6.07, 6.45) is 1.08. The topological polar surface area (TPSA) is 141 Å². The van der Waals surface area contributed by atoms with E-state index in [4.69, 9.17) is 51.9 Å². The van der Waals surface area contributed by atoms with Gasteiger partial charge in [0, 0.05) is 56.5 Å². The first-order chi connectivity index (χ1) is 29.0. The highest BCUT2D eigenvalue weighted by molar-refractivity contribution is 14.1. The van der Waals surface area contributed by atoms with Crippen molar-refractivity contribution in [2.24, 2.45) is 0 Å². The van der Waals surface area contributed by atoms with E-state index in [0.29, 0.717) is 66.9 Å². The molecular formula is C43H41Cl2IN6O7S. The number of ether oxygens (including phenoxy) is 5. The maximum Gasteiger partial charge on any atom is 0.345 e. The molecule has 17 heteroatoms. The number of hydrogen-bond acceptors (Lipinski definition) is 13. The highest BCUT2D eigenvalue weighted by Gasteiger charge is 2.31. The Balaban J connectivity index is 1.20. The van der Waals surface area contributed by atoms with E-state index in [9.17, 15) is 9.90 Å². The first-order valence-corrected chi connectivity index (χ1v) is 21.9. The number of carbonyl (C=O) groups is 1. The molecular weight excluding hydrogens is 942 g/mol. The second-order valence-electron chi connectivity index (χ2n) is 14.6. The van der Waals surface area contributed by atoms with Gasteiger partial charge in [0.15, 0.2) is 11.6 Å². The normalized spacial score (nSPS) is 17.4. The number of nitrogens with zero attached hydrogens (tertiary/aromatic N) is 6. The standard InChI is InChI=1S/C43H41Cl2IN6O7S/c1-23-33-24(2)37(45)38(36(23)44)58-28(19-52-15-13-51(3)14-16-52)21-56-27-9-10-30(57-20-26-11-12-47-40(50-26)29-7-5-6-8-31(29)55-4)25(17-27)18-32(43(53)54)59-41-35-34(33)39(46)60-42(35)49-22-48-41/h5-12,17,22,28,32H,13-16,18-21H2,1-4H3,(H,53,54)/t28-,32-/m1/s1. The molecule has 0 radical (unpaired) electrons. The van der Waals surface area contributed by atoms with Gasteiger partial charge in [-0.3, -0.25) is 4.90 Å². The summed E-state index contributed by atoms with van der Waals surface area (Å²) in [7, 11) is 3.71. The molecule has 60 heavy (non-hydrogen) atoms. The summed E-state index contributed by atoms with van der Waals surface area (Å²) in [5.41, 5.74) is 4.90. The van der Waals surface area contributed by atoms with Gasteiger partial charge < -0.3 is 33.7 Å². The molecule has 9 rings (SSSR count). The minimum Gasteiger partial charge on any atom is -0.496 e. The molecule has 0 amide bonds. The Morgan fingerprint density at radius 3 is 2.50 bits per heavy atom. The number of thiophene rings is 1. The van der Waals surface area contributed by atoms with Gasteiger partial charge in [-0.15, -0.1) is 11.3 Å². The second-order valence-corrected chi connectivity index (χ2v) is 18.2. The molecule has 0 aliphatic carbocycles. The molecule has 3 aromatic carbocycles. The lowest BCUT2D eigenvalue weighted by molar-refractivity contribution is -0.145. The van der Waals surface area contributed by atoms with Crippen molar-refractivity contribution >= 4 is 73.3 Å². The lowest BCUT2D eigenvalue weighted by atomic mass is 9.95. The van der Waals surface area contributed by atoms with E-state index in [0.717, 1.165) is 56.9 Å². The van der Waals surface area contributed by atoms with Crippen LogP contribution in [0.1, 0.15) is 22.4 Å². The summed E-state index contributed by atoms with van der Waals surface area (Å²) in [6.45, 7) is 8.20. The molecule has 312 valence electrons. The number of piperazine rings is 1. The highest BCUT2D eigenvalue weighted by Crippen LogP contribution is 2.50. The van der Waals surface area contributed by atoms with E-state index >= 15 is 0 Å². The quantitative estimate of drug-likeness (QED) is 0.146. The zero-order valence-corrected chi connectivity index (χ0v) is 37.7. The average Bonchev–Trinajstić information content (AvgIpc) is 3.59. The number of benzene rings is 3. The number of rotatable bonds is 8. The molecule has 4 bridgehead atoms. The number of fused-ring (bicyclic) bond motifs is 7. The van der Waals surface area contributed by atoms with Crippen molar-refractivity contribution in [2.45, 2.75) is 39.1 Å². The molecule has 1 saturated heterocycles. The molecule has 0 spiro atoms. The van der Waals surface area contributed by atoms with Crippen LogP contribution in [0.2, 0.25) is 10.0 Å². The second kappa shape index (κ2) is 18.2. The van der Waals surface area contributed by atoms with Crippen LogP contribution >= 0.6 is 57.1 Å². The van der Waals surface area contributed by atoms with Crippen LogP contribution in [0.5, 0.6) is 28.9 Å². The third-order valence-electron chi connectivity index (χ3n) is 10.6. The zero-order chi connectivity index (χ0) is 42.1. The van der Waals surface area contributed by atoms with Crippen molar-refractivity contribution in [2.75, 3.05) is 53.5 Å². The fraction of sp³-hybridized carbons (Fsp3) is 0.326. The first kappa shape index (κ1) is 42.2. The van der Waals surface area contributed by atoms with Crippen LogP contribution in [0.4, 0.5) is 0 Å². The Morgan fingerprint density at radius 2 is 1.75 bits per heavy atom. The molecule has 3 aliphatic rings. The molecule has 1 N–H and O–H groups in total. The van der Waals surface area contributed by atoms with E-state index in [1.54, 1.807) is 37.6 Å². The number of halogens is 3. The van der Waals surface area contributed by atoms with Gasteiger partial charge in [0.25, 0.3) is 0 Å². The van der Waals surface area contributed by atoms with Crippen molar-refractivity contribution in [1.29, 1.82) is 0 Å². The van der Waals surface area contributed by atoms with Crippen LogP contribution in [0.3, 0.4) is 0 Å². The maximum atomic E-state index is 13.1. The molecule has 0 saturated carbocycles. The smallest absolute Gasteiger partial charge is 0.345 e. The Kier molecular flexibility index (Phi) is 12.8. The summed E-state index contributed by atoms with van der Waals surface area (Å²) in [4.78, 5) is 36.6. The lowest BCUT2D eigenvalue weighted by Crippen LogP contribution is -2.49. The van der Waals surface area contributed by atoms with Gasteiger partial charge >= 0.3 is 5.97 Å². The minimum absolute atomic E-state index is 0.0675. The number of likely N-dealkylation sites (N-methyl/N-ethyl adjacent to an activating group) is 1. The summed E-state index contributed by atoms with van der Waals surface area (Å²) in [5.74, 6) is 1.34. The third kappa shape index (κ3) is 8.79. The number of carboxylic acid groups (broad SMARTS) is 1. The Bertz CT molecular complexity index is 2540. The summed E-state index contributed by atoms with van der Waals surface area (Å²) in [5, 5.41) is 12.0. The highest BCUT2D eigenvalue weighted by atomic mass is 127. The number of aromatic nitrogens is 4. The molecule has 3 aliphatic heterocycles. The molecule has 3 aromatic heterocycles. The van der Waals surface area contributed by atoms with Crippen molar-refractivity contribution in [1.82, 2.24) is 29.7 Å². The predicted octanol–water partition coefficient (Wildman–Crippen LogP) is 8.39. The third-order valence-corrected chi connectivity index (χ3v) is 13.6. The van der Waals surface area contributed by atoms with Crippen LogP contribution in [0.25, 0.3) is 32.7 Å². The van der Waals surface area contributed by atoms with Gasteiger partial charge in [-0.05, 0) is 96.6 Å². The number of methoxy groups -OCH3 is 1. The van der Waals surface area contributed by atoms with Gasteiger partial charge in [-0.25, -0.2) is 24.7 Å². The van der Waals surface area contributed by atoms with Crippen molar-refractivity contribution < 1.29 is 33.6 Å². The SMILES string of the molecule is COc1ccccc1-c1nccc(COc2ccc3cc2C[C@H](C(=O)O)Oc2ncnc4sc(I)c(c24)-c2c(C)c(Cl)c(c(Cl)c2C)O[C@H](CN2CCN(C)CC2)CO3)n1. The van der Waals surface area contributed by atoms with Crippen LogP contribution in [-0.2, 0) is 17.8 Å². The molecule has 6 heterocycles. The largest absolute Gasteiger partial charge is 0.496 e. The van der Waals surface area contributed by atoms with Crippen molar-refractivity contribution in [3.63, 3.8) is 0 Å².